The molecule has 0 bridgehead atoms. The summed E-state index contributed by atoms with van der Waals surface area (Å²) >= 11 is 0. The molecule has 0 amide bonds. The van der Waals surface area contributed by atoms with Gasteiger partial charge in [-0.05, 0) is 68.5 Å². The van der Waals surface area contributed by atoms with Crippen LogP contribution in [0.1, 0.15) is 30.0 Å². The van der Waals surface area contributed by atoms with Crippen LogP contribution >= 0.6 is 0 Å². The van der Waals surface area contributed by atoms with Crippen LogP contribution in [0.2, 0.25) is 6.82 Å². The topological polar surface area (TPSA) is 53.8 Å². The monoisotopic (exact) mass is 494 g/mol. The smallest absolute Gasteiger partial charge is 0.376 e. The van der Waals surface area contributed by atoms with Gasteiger partial charge in [0, 0.05) is 48.2 Å². The van der Waals surface area contributed by atoms with Crippen molar-refractivity contribution in [3.8, 4) is 16.9 Å². The van der Waals surface area contributed by atoms with Gasteiger partial charge in [0.15, 0.2) is 0 Å². The molecule has 2 saturated heterocycles. The second kappa shape index (κ2) is 10.8. The lowest BCUT2D eigenvalue weighted by atomic mass is 9.79. The lowest BCUT2D eigenvalue weighted by Crippen LogP contribution is -2.42. The molecule has 0 atom stereocenters. The summed E-state index contributed by atoms with van der Waals surface area (Å²) in [5, 5.41) is 11.1. The highest BCUT2D eigenvalue weighted by atomic mass is 16.5. The SMILES string of the molecule is CB(O)N1CCC(c2ccc(-c3nccc4c3cc(CN3CCOCC3)n4-c3ccccc3)cc2)CC1. The Kier molecular flexibility index (Phi) is 7.11. The summed E-state index contributed by atoms with van der Waals surface area (Å²) in [6.45, 7) is 8.15. The van der Waals surface area contributed by atoms with E-state index in [2.05, 4.69) is 81.0 Å². The molecule has 1 N–H and O–H groups in total. The fraction of sp³-hybridized carbons (Fsp3) is 0.367. The molecule has 2 aromatic carbocycles. The fourth-order valence-electron chi connectivity index (χ4n) is 5.92. The quantitative estimate of drug-likeness (QED) is 0.390. The van der Waals surface area contributed by atoms with E-state index >= 15 is 0 Å². The van der Waals surface area contributed by atoms with Gasteiger partial charge in [-0.25, -0.2) is 0 Å². The Bertz CT molecular complexity index is 1330. The van der Waals surface area contributed by atoms with Gasteiger partial charge >= 0.3 is 7.05 Å². The molecule has 0 radical (unpaired) electrons. The summed E-state index contributed by atoms with van der Waals surface area (Å²) in [6, 6.07) is 24.1. The van der Waals surface area contributed by atoms with Gasteiger partial charge < -0.3 is 19.1 Å². The molecule has 0 saturated carbocycles. The van der Waals surface area contributed by atoms with Crippen LogP contribution in [0.5, 0.6) is 0 Å². The van der Waals surface area contributed by atoms with Crippen molar-refractivity contribution in [3.63, 3.8) is 0 Å². The van der Waals surface area contributed by atoms with Crippen molar-refractivity contribution in [1.29, 1.82) is 0 Å². The fourth-order valence-corrected chi connectivity index (χ4v) is 5.92. The Hall–Kier alpha value is -2.97. The van der Waals surface area contributed by atoms with Crippen LogP contribution < -0.4 is 0 Å². The molecule has 7 heteroatoms. The van der Waals surface area contributed by atoms with Gasteiger partial charge in [-0.3, -0.25) is 9.88 Å². The number of aromatic nitrogens is 2. The zero-order chi connectivity index (χ0) is 25.2. The molecule has 0 aliphatic carbocycles. The van der Waals surface area contributed by atoms with Crippen LogP contribution in [0.4, 0.5) is 0 Å². The first-order valence-corrected chi connectivity index (χ1v) is 13.5. The molecule has 2 aromatic heterocycles. The molecule has 2 aliphatic rings. The van der Waals surface area contributed by atoms with E-state index in [1.54, 1.807) is 0 Å². The maximum Gasteiger partial charge on any atom is 0.376 e. The molecule has 4 heterocycles. The summed E-state index contributed by atoms with van der Waals surface area (Å²) in [5.74, 6) is 0.548. The average molecular weight is 494 g/mol. The first-order chi connectivity index (χ1) is 18.2. The van der Waals surface area contributed by atoms with Crippen LogP contribution in [0.15, 0.2) is 72.9 Å². The van der Waals surface area contributed by atoms with E-state index in [1.165, 1.54) is 27.8 Å². The predicted octanol–water partition coefficient (Wildman–Crippen LogP) is 4.81. The number of hydrogen-bond donors (Lipinski definition) is 1. The predicted molar refractivity (Wildman–Crippen MR) is 150 cm³/mol. The highest BCUT2D eigenvalue weighted by molar-refractivity contribution is 6.45. The van der Waals surface area contributed by atoms with E-state index in [0.29, 0.717) is 5.92 Å². The van der Waals surface area contributed by atoms with Crippen LogP contribution in [-0.2, 0) is 11.3 Å². The van der Waals surface area contributed by atoms with Crippen LogP contribution in [0, 0.1) is 0 Å². The second-order valence-corrected chi connectivity index (χ2v) is 10.4. The van der Waals surface area contributed by atoms with Gasteiger partial charge in [0.05, 0.1) is 24.4 Å². The molecule has 6 nitrogen and oxygen atoms in total. The maximum absolute atomic E-state index is 9.88. The van der Waals surface area contributed by atoms with E-state index < -0.39 is 0 Å². The minimum absolute atomic E-state index is 0.355. The van der Waals surface area contributed by atoms with Gasteiger partial charge in [-0.2, -0.15) is 0 Å². The van der Waals surface area contributed by atoms with E-state index in [0.717, 1.165) is 70.0 Å². The number of para-hydroxylation sites is 1. The molecular weight excluding hydrogens is 459 g/mol. The largest absolute Gasteiger partial charge is 0.437 e. The second-order valence-electron chi connectivity index (χ2n) is 10.4. The third-order valence-electron chi connectivity index (χ3n) is 8.02. The van der Waals surface area contributed by atoms with Crippen molar-refractivity contribution in [2.24, 2.45) is 0 Å². The number of ether oxygens (including phenoxy) is 1. The van der Waals surface area contributed by atoms with Gasteiger partial charge in [-0.1, -0.05) is 42.5 Å². The third-order valence-corrected chi connectivity index (χ3v) is 8.02. The summed E-state index contributed by atoms with van der Waals surface area (Å²) in [4.78, 5) is 9.49. The molecule has 0 unspecified atom stereocenters. The number of benzene rings is 2. The standard InChI is InChI=1S/C30H35BN4O2/c1-31(36)34-15-12-24(13-16-34)23-7-9-25(10-8-23)30-28-21-27(22-33-17-19-37-20-18-33)35(29(28)11-14-32-30)26-5-3-2-4-6-26/h2-11,14,21,24,36H,12-13,15-20,22H2,1H3. The highest BCUT2D eigenvalue weighted by Crippen LogP contribution is 2.34. The number of pyridine rings is 1. The van der Waals surface area contributed by atoms with Crippen molar-refractivity contribution in [3.05, 3.63) is 84.2 Å². The molecule has 0 spiro atoms. The Labute approximate surface area is 219 Å². The van der Waals surface area contributed by atoms with Crippen LogP contribution in [0.3, 0.4) is 0 Å². The van der Waals surface area contributed by atoms with E-state index in [-0.39, 0.29) is 7.05 Å². The normalized spacial score (nSPS) is 17.9. The van der Waals surface area contributed by atoms with Crippen molar-refractivity contribution >= 4 is 18.0 Å². The van der Waals surface area contributed by atoms with Crippen LogP contribution in [-0.4, -0.2) is 70.7 Å². The third kappa shape index (κ3) is 5.09. The number of piperidine rings is 1. The minimum Gasteiger partial charge on any atom is -0.437 e. The molecule has 2 fully saturated rings. The maximum atomic E-state index is 9.88. The van der Waals surface area contributed by atoms with E-state index in [4.69, 9.17) is 9.72 Å². The lowest BCUT2D eigenvalue weighted by molar-refractivity contribution is 0.0335. The number of rotatable bonds is 6. The van der Waals surface area contributed by atoms with Gasteiger partial charge in [0.1, 0.15) is 0 Å². The Morgan fingerprint density at radius 2 is 1.68 bits per heavy atom. The van der Waals surface area contributed by atoms with Crippen LogP contribution in [0.25, 0.3) is 27.8 Å². The summed E-state index contributed by atoms with van der Waals surface area (Å²) in [5.41, 5.74) is 7.21. The van der Waals surface area contributed by atoms with Crippen molar-refractivity contribution in [1.82, 2.24) is 19.3 Å². The molecule has 4 aromatic rings. The number of fused-ring (bicyclic) bond motifs is 1. The van der Waals surface area contributed by atoms with Crippen molar-refractivity contribution in [2.45, 2.75) is 32.1 Å². The number of morpholine rings is 1. The Morgan fingerprint density at radius 1 is 0.946 bits per heavy atom. The number of hydrogen-bond acceptors (Lipinski definition) is 5. The first-order valence-electron chi connectivity index (χ1n) is 13.5. The first kappa shape index (κ1) is 24.4. The Balaban J connectivity index is 1.33. The lowest BCUT2D eigenvalue weighted by Gasteiger charge is -2.32. The van der Waals surface area contributed by atoms with E-state index in [9.17, 15) is 5.02 Å². The molecular formula is C30H35BN4O2. The molecule has 37 heavy (non-hydrogen) atoms. The van der Waals surface area contributed by atoms with Crippen molar-refractivity contribution < 1.29 is 9.76 Å². The molecule has 2 aliphatic heterocycles. The molecule has 6 rings (SSSR count). The highest BCUT2D eigenvalue weighted by Gasteiger charge is 2.25. The summed E-state index contributed by atoms with van der Waals surface area (Å²) < 4.78 is 7.97. The zero-order valence-electron chi connectivity index (χ0n) is 21.6. The van der Waals surface area contributed by atoms with Gasteiger partial charge in [0.25, 0.3) is 0 Å². The zero-order valence-corrected chi connectivity index (χ0v) is 21.6. The summed E-state index contributed by atoms with van der Waals surface area (Å²) in [7, 11) is -0.355. The van der Waals surface area contributed by atoms with E-state index in [1.807, 2.05) is 13.0 Å². The number of nitrogens with zero attached hydrogens (tertiary/aromatic N) is 4. The van der Waals surface area contributed by atoms with Gasteiger partial charge in [0.2, 0.25) is 0 Å². The minimum atomic E-state index is -0.355. The van der Waals surface area contributed by atoms with Gasteiger partial charge in [-0.15, -0.1) is 0 Å². The average Bonchev–Trinajstić information content (AvgIpc) is 3.32. The Morgan fingerprint density at radius 3 is 2.38 bits per heavy atom. The summed E-state index contributed by atoms with van der Waals surface area (Å²) in [6.07, 6.45) is 4.11. The molecule has 190 valence electrons. The van der Waals surface area contributed by atoms with Crippen molar-refractivity contribution in [2.75, 3.05) is 39.4 Å².